The van der Waals surface area contributed by atoms with Crippen LogP contribution in [-0.2, 0) is 9.13 Å². The Balaban J connectivity index is 1.66. The van der Waals surface area contributed by atoms with E-state index >= 15 is 9.13 Å². The predicted octanol–water partition coefficient (Wildman–Crippen LogP) is 6.49. The van der Waals surface area contributed by atoms with Crippen LogP contribution in [0, 0.1) is 0 Å². The molecule has 4 aromatic rings. The van der Waals surface area contributed by atoms with Gasteiger partial charge in [0, 0.05) is 32.5 Å². The summed E-state index contributed by atoms with van der Waals surface area (Å²) < 4.78 is 30.4. The van der Waals surface area contributed by atoms with Gasteiger partial charge in [-0.25, -0.2) is 0 Å². The molecule has 4 aromatic carbocycles. The van der Waals surface area contributed by atoms with Crippen molar-refractivity contribution in [3.05, 3.63) is 133 Å². The zero-order valence-electron chi connectivity index (χ0n) is 19.7. The number of hydrogen-bond donors (Lipinski definition) is 0. The lowest BCUT2D eigenvalue weighted by Crippen LogP contribution is -2.37. The number of rotatable bonds is 6. The molecule has 0 aliphatic heterocycles. The zero-order valence-corrected chi connectivity index (χ0v) is 21.5. The Bertz CT molecular complexity index is 1190. The summed E-state index contributed by atoms with van der Waals surface area (Å²) in [7, 11) is -6.13. The normalized spacial score (nSPS) is 18.8. The molecule has 35 heavy (non-hydrogen) atoms. The summed E-state index contributed by atoms with van der Waals surface area (Å²) in [4.78, 5) is 0. The van der Waals surface area contributed by atoms with Crippen LogP contribution in [0.5, 0.6) is 0 Å². The Morgan fingerprint density at radius 1 is 0.486 bits per heavy atom. The molecule has 2 atom stereocenters. The first kappa shape index (κ1) is 23.8. The summed E-state index contributed by atoms with van der Waals surface area (Å²) in [5, 5.41) is 3.36. The van der Waals surface area contributed by atoms with Crippen molar-refractivity contribution >= 4 is 35.5 Å². The number of hydrogen-bond acceptors (Lipinski definition) is 2. The van der Waals surface area contributed by atoms with Crippen molar-refractivity contribution in [3.63, 3.8) is 0 Å². The van der Waals surface area contributed by atoms with Crippen molar-refractivity contribution < 1.29 is 9.13 Å². The van der Waals surface area contributed by atoms with Crippen LogP contribution in [0.4, 0.5) is 0 Å². The van der Waals surface area contributed by atoms with Gasteiger partial charge in [0.15, 0.2) is 0 Å². The standard InChI is InChI=1S/C31H30O2P2/c1-25-30(34(32,26-15-6-2-7-16-26)27-17-8-3-9-18-27)23-14-24-31(25)35(33,28-19-10-4-11-20-28)29-21-12-5-13-22-29/h2-13,15-22,30-31H,1,14,23-24H2/t30-,31-/m0/s1. The first-order valence-corrected chi connectivity index (χ1v) is 15.7. The molecule has 0 saturated heterocycles. The summed E-state index contributed by atoms with van der Waals surface area (Å²) in [6.45, 7) is 4.57. The van der Waals surface area contributed by atoms with E-state index < -0.39 is 14.3 Å². The van der Waals surface area contributed by atoms with Crippen LogP contribution in [0.1, 0.15) is 19.3 Å². The third-order valence-electron chi connectivity index (χ3n) is 7.25. The molecule has 0 radical (unpaired) electrons. The predicted molar refractivity (Wildman–Crippen MR) is 150 cm³/mol. The molecule has 5 rings (SSSR count). The SMILES string of the molecule is C=C1[C@@H](P(=O)(c2ccccc2)c2ccccc2)CCC[C@@H]1P(=O)(c1ccccc1)c1ccccc1. The van der Waals surface area contributed by atoms with Crippen molar-refractivity contribution in [2.75, 3.05) is 0 Å². The lowest BCUT2D eigenvalue weighted by molar-refractivity contribution is 0.539. The van der Waals surface area contributed by atoms with Gasteiger partial charge in [-0.2, -0.15) is 0 Å². The molecule has 0 heterocycles. The van der Waals surface area contributed by atoms with Crippen LogP contribution < -0.4 is 21.2 Å². The fourth-order valence-corrected chi connectivity index (χ4v) is 12.5. The second-order valence-corrected chi connectivity index (χ2v) is 15.1. The molecule has 0 spiro atoms. The van der Waals surface area contributed by atoms with Gasteiger partial charge in [-0.15, -0.1) is 0 Å². The number of allylic oxidation sites excluding steroid dienone is 1. The van der Waals surface area contributed by atoms with Crippen LogP contribution >= 0.6 is 14.3 Å². The highest BCUT2D eigenvalue weighted by Gasteiger charge is 2.47. The largest absolute Gasteiger partial charge is 0.313 e. The third-order valence-corrected chi connectivity index (χ3v) is 14.4. The van der Waals surface area contributed by atoms with Crippen molar-refractivity contribution in [2.24, 2.45) is 0 Å². The lowest BCUT2D eigenvalue weighted by Gasteiger charge is -2.40. The zero-order chi connectivity index (χ0) is 24.3. The van der Waals surface area contributed by atoms with Gasteiger partial charge in [-0.3, -0.25) is 0 Å². The Morgan fingerprint density at radius 2 is 0.743 bits per heavy atom. The molecule has 0 N–H and O–H groups in total. The minimum atomic E-state index is -3.07. The lowest BCUT2D eigenvalue weighted by atomic mass is 9.95. The average molecular weight is 497 g/mol. The second-order valence-electron chi connectivity index (χ2n) is 9.20. The Kier molecular flexibility index (Phi) is 6.79. The highest BCUT2D eigenvalue weighted by Crippen LogP contribution is 2.62. The van der Waals surface area contributed by atoms with Crippen molar-refractivity contribution in [1.82, 2.24) is 0 Å². The summed E-state index contributed by atoms with van der Waals surface area (Å²) >= 11 is 0. The average Bonchev–Trinajstić information content (AvgIpc) is 2.94. The summed E-state index contributed by atoms with van der Waals surface area (Å²) in [6.07, 6.45) is 2.42. The van der Waals surface area contributed by atoms with Gasteiger partial charge < -0.3 is 9.13 Å². The topological polar surface area (TPSA) is 34.1 Å². The quantitative estimate of drug-likeness (QED) is 0.226. The van der Waals surface area contributed by atoms with Gasteiger partial charge in [0.2, 0.25) is 0 Å². The van der Waals surface area contributed by atoms with E-state index in [1.54, 1.807) is 0 Å². The molecule has 4 heteroatoms. The molecule has 2 nitrogen and oxygen atoms in total. The first-order valence-electron chi connectivity index (χ1n) is 12.2. The summed E-state index contributed by atoms with van der Waals surface area (Å²) in [5.41, 5.74) is 0.349. The van der Waals surface area contributed by atoms with Crippen molar-refractivity contribution in [1.29, 1.82) is 0 Å². The monoisotopic (exact) mass is 496 g/mol. The Hall–Kier alpha value is -2.92. The van der Waals surface area contributed by atoms with E-state index in [9.17, 15) is 0 Å². The van der Waals surface area contributed by atoms with E-state index in [4.69, 9.17) is 0 Å². The van der Waals surface area contributed by atoms with Gasteiger partial charge in [-0.1, -0.05) is 140 Å². The molecule has 1 fully saturated rings. The smallest absolute Gasteiger partial charge is 0.150 e. The van der Waals surface area contributed by atoms with Crippen molar-refractivity contribution in [3.8, 4) is 0 Å². The highest BCUT2D eigenvalue weighted by atomic mass is 31.2. The second kappa shape index (κ2) is 9.98. The van der Waals surface area contributed by atoms with Gasteiger partial charge in [-0.05, 0) is 12.8 Å². The van der Waals surface area contributed by atoms with Crippen LogP contribution in [0.25, 0.3) is 0 Å². The van der Waals surface area contributed by atoms with Gasteiger partial charge >= 0.3 is 0 Å². The summed E-state index contributed by atoms with van der Waals surface area (Å²) in [5.74, 6) is 0. The van der Waals surface area contributed by atoms with E-state index in [0.29, 0.717) is 0 Å². The molecule has 176 valence electrons. The van der Waals surface area contributed by atoms with Crippen LogP contribution in [-0.4, -0.2) is 11.3 Å². The Labute approximate surface area is 208 Å². The molecule has 1 saturated carbocycles. The van der Waals surface area contributed by atoms with Gasteiger partial charge in [0.25, 0.3) is 0 Å². The van der Waals surface area contributed by atoms with Gasteiger partial charge in [0.1, 0.15) is 14.3 Å². The molecule has 1 aliphatic rings. The third kappa shape index (κ3) is 4.20. The summed E-state index contributed by atoms with van der Waals surface area (Å²) in [6, 6.07) is 39.2. The maximum atomic E-state index is 15.2. The molecule has 0 unspecified atom stereocenters. The fourth-order valence-electron chi connectivity index (χ4n) is 5.54. The van der Waals surface area contributed by atoms with Crippen LogP contribution in [0.3, 0.4) is 0 Å². The minimum absolute atomic E-state index is 0.258. The maximum absolute atomic E-state index is 15.2. The molecule has 0 bridgehead atoms. The van der Waals surface area contributed by atoms with Gasteiger partial charge in [0.05, 0.1) is 0 Å². The highest BCUT2D eigenvalue weighted by molar-refractivity contribution is 7.80. The van der Waals surface area contributed by atoms with E-state index in [-0.39, 0.29) is 11.3 Å². The molecular weight excluding hydrogens is 466 g/mol. The molecular formula is C31H30O2P2. The molecule has 1 aliphatic carbocycles. The van der Waals surface area contributed by atoms with Crippen molar-refractivity contribution in [2.45, 2.75) is 30.6 Å². The van der Waals surface area contributed by atoms with Crippen LogP contribution in [0.15, 0.2) is 133 Å². The molecule has 0 aromatic heterocycles. The van der Waals surface area contributed by atoms with E-state index in [1.165, 1.54) is 0 Å². The van der Waals surface area contributed by atoms with E-state index in [1.807, 2.05) is 121 Å². The number of benzene rings is 4. The Morgan fingerprint density at radius 3 is 1.00 bits per heavy atom. The maximum Gasteiger partial charge on any atom is 0.150 e. The fraction of sp³-hybridized carbons (Fsp3) is 0.161. The molecule has 0 amide bonds. The van der Waals surface area contributed by atoms with Crippen LogP contribution in [0.2, 0.25) is 0 Å². The van der Waals surface area contributed by atoms with E-state index in [2.05, 4.69) is 6.58 Å². The first-order chi connectivity index (χ1) is 17.1. The minimum Gasteiger partial charge on any atom is -0.313 e. The van der Waals surface area contributed by atoms with E-state index in [0.717, 1.165) is 46.1 Å².